The first-order valence-corrected chi connectivity index (χ1v) is 13.5. The van der Waals surface area contributed by atoms with Crippen molar-refractivity contribution in [2.75, 3.05) is 6.61 Å². The SMILES string of the molecule is CC/C(COP(=O)([O-])OP(=O)([O-])[O-])=C(/C)CC/C=C(\C)CC/C=C(\C)CCC=C(C)C. The first kappa shape index (κ1) is 30.2. The van der Waals surface area contributed by atoms with E-state index in [9.17, 15) is 23.8 Å². The van der Waals surface area contributed by atoms with Crippen LogP contribution in [0.2, 0.25) is 0 Å². The quantitative estimate of drug-likeness (QED) is 0.234. The van der Waals surface area contributed by atoms with Gasteiger partial charge in [-0.15, -0.1) is 0 Å². The zero-order valence-electron chi connectivity index (χ0n) is 19.6. The van der Waals surface area contributed by atoms with Gasteiger partial charge in [0.2, 0.25) is 0 Å². The molecular formula is C22H37O7P2-3. The molecule has 9 heteroatoms. The van der Waals surface area contributed by atoms with Crippen LogP contribution in [0.4, 0.5) is 0 Å². The predicted molar refractivity (Wildman–Crippen MR) is 120 cm³/mol. The minimum atomic E-state index is -5.66. The molecule has 0 aliphatic heterocycles. The van der Waals surface area contributed by atoms with Gasteiger partial charge in [-0.1, -0.05) is 47.4 Å². The molecule has 0 N–H and O–H groups in total. The average Bonchev–Trinajstić information content (AvgIpc) is 2.59. The largest absolute Gasteiger partial charge is 0.790 e. The standard InChI is InChI=1S/C22H40O7P2/c1-7-22(17-28-31(26,27)29-30(23,24)25)21(6)16-10-15-20(5)14-9-13-19(4)12-8-11-18(2)3/h11,13,15H,7-10,12,14,16-17H2,1-6H3,(H,26,27)(H2,23,24,25)/p-3/b19-13+,20-15+,22-21+. The Kier molecular flexibility index (Phi) is 14.7. The summed E-state index contributed by atoms with van der Waals surface area (Å²) < 4.78 is 29.9. The number of phosphoric ester groups is 1. The summed E-state index contributed by atoms with van der Waals surface area (Å²) in [6.07, 6.45) is 13.0. The number of allylic oxidation sites excluding steroid dienone is 7. The third-order valence-electron chi connectivity index (χ3n) is 4.76. The smallest absolute Gasteiger partial charge is 0.272 e. The molecule has 31 heavy (non-hydrogen) atoms. The third kappa shape index (κ3) is 17.5. The number of hydrogen-bond donors (Lipinski definition) is 0. The maximum absolute atomic E-state index is 11.4. The van der Waals surface area contributed by atoms with Crippen molar-refractivity contribution in [2.24, 2.45) is 0 Å². The molecule has 0 aromatic rings. The van der Waals surface area contributed by atoms with Crippen molar-refractivity contribution in [3.8, 4) is 0 Å². The zero-order valence-corrected chi connectivity index (χ0v) is 21.4. The monoisotopic (exact) mass is 475 g/mol. The van der Waals surface area contributed by atoms with Crippen molar-refractivity contribution in [1.29, 1.82) is 0 Å². The molecule has 7 nitrogen and oxygen atoms in total. The Labute approximate surface area is 187 Å². The molecule has 0 saturated heterocycles. The van der Waals surface area contributed by atoms with Gasteiger partial charge in [0.1, 0.15) is 0 Å². The van der Waals surface area contributed by atoms with Crippen LogP contribution in [0.3, 0.4) is 0 Å². The molecule has 0 radical (unpaired) electrons. The van der Waals surface area contributed by atoms with Gasteiger partial charge in [-0.05, 0) is 85.1 Å². The summed E-state index contributed by atoms with van der Waals surface area (Å²) in [5.41, 5.74) is 5.75. The Balaban J connectivity index is 4.55. The summed E-state index contributed by atoms with van der Waals surface area (Å²) in [6, 6.07) is 0. The van der Waals surface area contributed by atoms with Crippen molar-refractivity contribution >= 4 is 15.6 Å². The second-order valence-electron chi connectivity index (χ2n) is 7.99. The van der Waals surface area contributed by atoms with Crippen LogP contribution in [-0.4, -0.2) is 6.61 Å². The van der Waals surface area contributed by atoms with E-state index in [1.54, 1.807) is 0 Å². The molecular weight excluding hydrogens is 438 g/mol. The Morgan fingerprint density at radius 3 is 1.74 bits per heavy atom. The van der Waals surface area contributed by atoms with Gasteiger partial charge in [0.25, 0.3) is 7.82 Å². The van der Waals surface area contributed by atoms with Gasteiger partial charge in [-0.25, -0.2) is 0 Å². The Morgan fingerprint density at radius 1 is 0.806 bits per heavy atom. The highest BCUT2D eigenvalue weighted by atomic mass is 31.3. The molecule has 1 unspecified atom stereocenters. The highest BCUT2D eigenvalue weighted by Crippen LogP contribution is 2.50. The summed E-state index contributed by atoms with van der Waals surface area (Å²) >= 11 is 0. The van der Waals surface area contributed by atoms with E-state index in [-0.39, 0.29) is 6.61 Å². The van der Waals surface area contributed by atoms with Crippen molar-refractivity contribution in [1.82, 2.24) is 0 Å². The van der Waals surface area contributed by atoms with Crippen molar-refractivity contribution in [3.63, 3.8) is 0 Å². The van der Waals surface area contributed by atoms with Gasteiger partial charge in [0.05, 0.1) is 14.4 Å². The molecule has 0 rings (SSSR count). The van der Waals surface area contributed by atoms with E-state index in [1.807, 2.05) is 13.8 Å². The number of rotatable bonds is 15. The van der Waals surface area contributed by atoms with Crippen LogP contribution >= 0.6 is 15.6 Å². The van der Waals surface area contributed by atoms with Gasteiger partial charge in [-0.3, -0.25) is 8.88 Å². The lowest BCUT2D eigenvalue weighted by Crippen LogP contribution is -2.19. The van der Waals surface area contributed by atoms with Crippen LogP contribution in [0.5, 0.6) is 0 Å². The molecule has 180 valence electrons. The van der Waals surface area contributed by atoms with Crippen LogP contribution in [0.1, 0.15) is 86.5 Å². The minimum absolute atomic E-state index is 0.331. The van der Waals surface area contributed by atoms with E-state index >= 15 is 0 Å². The van der Waals surface area contributed by atoms with Crippen LogP contribution < -0.4 is 14.7 Å². The Hall–Kier alpha value is -0.780. The Morgan fingerprint density at radius 2 is 1.29 bits per heavy atom. The van der Waals surface area contributed by atoms with Crippen LogP contribution in [0, 0.1) is 0 Å². The third-order valence-corrected chi connectivity index (χ3v) is 6.81. The highest BCUT2D eigenvalue weighted by molar-refractivity contribution is 7.58. The zero-order chi connectivity index (χ0) is 24.1. The van der Waals surface area contributed by atoms with E-state index in [0.717, 1.165) is 49.7 Å². The van der Waals surface area contributed by atoms with Crippen LogP contribution in [-0.2, 0) is 18.0 Å². The van der Waals surface area contributed by atoms with Gasteiger partial charge >= 0.3 is 0 Å². The van der Waals surface area contributed by atoms with E-state index in [2.05, 4.69) is 54.8 Å². The maximum atomic E-state index is 11.4. The summed E-state index contributed by atoms with van der Waals surface area (Å²) in [7, 11) is -10.9. The molecule has 0 aliphatic rings. The van der Waals surface area contributed by atoms with Crippen LogP contribution in [0.25, 0.3) is 0 Å². The number of phosphoric acid groups is 2. The summed E-state index contributed by atoms with van der Waals surface area (Å²) in [5.74, 6) is 0. The molecule has 1 atom stereocenters. The molecule has 0 aliphatic carbocycles. The molecule has 0 aromatic carbocycles. The molecule has 0 saturated carbocycles. The molecule has 0 fully saturated rings. The van der Waals surface area contributed by atoms with Crippen molar-refractivity contribution < 1.29 is 32.6 Å². The fourth-order valence-corrected chi connectivity index (χ4v) is 4.36. The van der Waals surface area contributed by atoms with Gasteiger partial charge in [0.15, 0.2) is 0 Å². The normalized spacial score (nSPS) is 16.0. The lowest BCUT2D eigenvalue weighted by Gasteiger charge is -2.35. The van der Waals surface area contributed by atoms with E-state index in [1.165, 1.54) is 16.7 Å². The summed E-state index contributed by atoms with van der Waals surface area (Å²) in [5, 5.41) is 0. The molecule has 0 bridgehead atoms. The first-order chi connectivity index (χ1) is 14.3. The van der Waals surface area contributed by atoms with Crippen molar-refractivity contribution in [3.05, 3.63) is 46.1 Å². The Bertz CT molecular complexity index is 769. The summed E-state index contributed by atoms with van der Waals surface area (Å²) in [4.78, 5) is 32.3. The predicted octanol–water partition coefficient (Wildman–Crippen LogP) is 5.24. The molecule has 0 aromatic heterocycles. The fraction of sp³-hybridized carbons (Fsp3) is 0.636. The number of hydrogen-bond acceptors (Lipinski definition) is 7. The van der Waals surface area contributed by atoms with Gasteiger partial charge in [0, 0.05) is 0 Å². The highest BCUT2D eigenvalue weighted by Gasteiger charge is 2.13. The topological polar surface area (TPSA) is 122 Å². The lowest BCUT2D eigenvalue weighted by atomic mass is 10.0. The van der Waals surface area contributed by atoms with E-state index in [0.29, 0.717) is 6.42 Å². The van der Waals surface area contributed by atoms with Gasteiger partial charge < -0.3 is 23.8 Å². The second-order valence-corrected chi connectivity index (χ2v) is 10.7. The fourth-order valence-electron chi connectivity index (χ4n) is 2.88. The first-order valence-electron chi connectivity index (χ1n) is 10.6. The molecule has 0 heterocycles. The van der Waals surface area contributed by atoms with E-state index in [4.69, 9.17) is 0 Å². The lowest BCUT2D eigenvalue weighted by molar-refractivity contribution is -0.339. The van der Waals surface area contributed by atoms with E-state index < -0.39 is 15.6 Å². The molecule has 0 spiro atoms. The van der Waals surface area contributed by atoms with Gasteiger partial charge in [-0.2, -0.15) is 0 Å². The van der Waals surface area contributed by atoms with Crippen molar-refractivity contribution in [2.45, 2.75) is 86.5 Å². The second kappa shape index (κ2) is 15.1. The molecule has 0 amide bonds. The van der Waals surface area contributed by atoms with Crippen LogP contribution in [0.15, 0.2) is 46.1 Å². The minimum Gasteiger partial charge on any atom is -0.790 e. The average molecular weight is 475 g/mol. The maximum Gasteiger partial charge on any atom is 0.272 e. The summed E-state index contributed by atoms with van der Waals surface area (Å²) in [6.45, 7) is 11.9.